The van der Waals surface area contributed by atoms with Gasteiger partial charge in [-0.15, -0.1) is 0 Å². The first-order valence-corrected chi connectivity index (χ1v) is 9.87. The second kappa shape index (κ2) is 5.34. The van der Waals surface area contributed by atoms with Crippen molar-refractivity contribution in [3.05, 3.63) is 39.3 Å². The number of hydrogen-bond acceptors (Lipinski definition) is 3. The number of hydrogen-bond donors (Lipinski definition) is 1. The second-order valence-electron chi connectivity index (χ2n) is 7.68. The van der Waals surface area contributed by atoms with E-state index in [1.165, 1.54) is 11.3 Å². The molecule has 6 atom stereocenters. The lowest BCUT2D eigenvalue weighted by atomic mass is 9.63. The molecule has 2 amide bonds. The minimum atomic E-state index is -0.136. The maximum Gasteiger partial charge on any atom is 0.235 e. The topological polar surface area (TPSA) is 49.4 Å². The summed E-state index contributed by atoms with van der Waals surface area (Å²) in [6.45, 7) is 2.17. The van der Waals surface area contributed by atoms with Crippen molar-refractivity contribution in [3.8, 4) is 0 Å². The Morgan fingerprint density at radius 3 is 2.36 bits per heavy atom. The predicted octanol–water partition coefficient (Wildman–Crippen LogP) is 3.83. The predicted molar refractivity (Wildman–Crippen MR) is 98.9 cm³/mol. The van der Waals surface area contributed by atoms with Gasteiger partial charge >= 0.3 is 0 Å². The number of amides is 2. The molecule has 25 heavy (non-hydrogen) atoms. The summed E-state index contributed by atoms with van der Waals surface area (Å²) in [5.74, 6) is 1.52. The summed E-state index contributed by atoms with van der Waals surface area (Å²) in [5.41, 5.74) is 1.85. The van der Waals surface area contributed by atoms with Crippen LogP contribution in [0, 0.1) is 42.4 Å². The zero-order valence-electron chi connectivity index (χ0n) is 13.7. The molecule has 1 aromatic rings. The first-order chi connectivity index (χ1) is 12.0. The van der Waals surface area contributed by atoms with Gasteiger partial charge < -0.3 is 5.32 Å². The fourth-order valence-corrected chi connectivity index (χ4v) is 5.80. The number of anilines is 1. The van der Waals surface area contributed by atoms with Gasteiger partial charge in [0.1, 0.15) is 0 Å². The van der Waals surface area contributed by atoms with Crippen molar-refractivity contribution < 1.29 is 9.59 Å². The van der Waals surface area contributed by atoms with E-state index in [-0.39, 0.29) is 42.2 Å². The SMILES string of the molecule is Cc1cc(Br)c(Cl)cc1NCN1C(=O)C2C3C=CC(C4CC34)C2C1=O. The van der Waals surface area contributed by atoms with Crippen molar-refractivity contribution in [1.82, 2.24) is 4.90 Å². The zero-order chi connectivity index (χ0) is 17.5. The maximum absolute atomic E-state index is 12.9. The van der Waals surface area contributed by atoms with Crippen molar-refractivity contribution in [1.29, 1.82) is 0 Å². The summed E-state index contributed by atoms with van der Waals surface area (Å²) in [6, 6.07) is 3.75. The number of nitrogens with one attached hydrogen (secondary N) is 1. The van der Waals surface area contributed by atoms with Crippen LogP contribution in [0.1, 0.15) is 12.0 Å². The standard InChI is InChI=1S/C19H18BrClN2O2/c1-8-4-13(20)14(21)6-15(8)22-7-23-18(24)16-9-2-3-10(12-5-11(9)12)17(16)19(23)25/h2-4,6,9-12,16-17,22H,5,7H2,1H3. The molecule has 0 radical (unpaired) electrons. The van der Waals surface area contributed by atoms with Gasteiger partial charge in [-0.25, -0.2) is 0 Å². The highest BCUT2D eigenvalue weighted by molar-refractivity contribution is 9.10. The third-order valence-electron chi connectivity index (χ3n) is 6.45. The average molecular weight is 422 g/mol. The Morgan fingerprint density at radius 2 is 1.76 bits per heavy atom. The maximum atomic E-state index is 12.9. The highest BCUT2D eigenvalue weighted by Gasteiger charge is 2.66. The fourth-order valence-electron chi connectivity index (χ4n) is 5.18. The lowest BCUT2D eigenvalue weighted by Gasteiger charge is -2.37. The van der Waals surface area contributed by atoms with Crippen LogP contribution in [0.15, 0.2) is 28.8 Å². The Morgan fingerprint density at radius 1 is 1.16 bits per heavy atom. The van der Waals surface area contributed by atoms with Crippen LogP contribution in [0.5, 0.6) is 0 Å². The molecule has 130 valence electrons. The minimum absolute atomic E-state index is 0.00642. The number of carbonyl (C=O) groups is 2. The van der Waals surface area contributed by atoms with E-state index in [1.54, 1.807) is 0 Å². The highest BCUT2D eigenvalue weighted by atomic mass is 79.9. The molecule has 1 aliphatic heterocycles. The van der Waals surface area contributed by atoms with E-state index in [9.17, 15) is 9.59 Å². The lowest BCUT2D eigenvalue weighted by Crippen LogP contribution is -2.40. The molecule has 1 N–H and O–H groups in total. The van der Waals surface area contributed by atoms with Crippen LogP contribution in [-0.2, 0) is 9.59 Å². The number of carbonyl (C=O) groups excluding carboxylic acids is 2. The van der Waals surface area contributed by atoms with Gasteiger partial charge in [0.05, 0.1) is 23.5 Å². The Labute approximate surface area is 159 Å². The van der Waals surface area contributed by atoms with E-state index in [0.717, 1.165) is 15.7 Å². The summed E-state index contributed by atoms with van der Waals surface area (Å²) in [6.07, 6.45) is 5.58. The van der Waals surface area contributed by atoms with Crippen molar-refractivity contribution in [2.75, 3.05) is 12.0 Å². The molecule has 4 nitrogen and oxygen atoms in total. The molecule has 1 saturated heterocycles. The molecule has 6 unspecified atom stereocenters. The van der Waals surface area contributed by atoms with Gasteiger partial charge in [0, 0.05) is 10.2 Å². The van der Waals surface area contributed by atoms with Gasteiger partial charge in [-0.3, -0.25) is 14.5 Å². The quantitative estimate of drug-likeness (QED) is 0.596. The van der Waals surface area contributed by atoms with E-state index in [2.05, 4.69) is 33.4 Å². The van der Waals surface area contributed by atoms with E-state index in [0.29, 0.717) is 16.9 Å². The third kappa shape index (κ3) is 2.18. The molecular formula is C19H18BrClN2O2. The number of nitrogens with zero attached hydrogens (tertiary/aromatic N) is 1. The number of allylic oxidation sites excluding steroid dienone is 2. The summed E-state index contributed by atoms with van der Waals surface area (Å²) in [4.78, 5) is 27.3. The van der Waals surface area contributed by atoms with Gasteiger partial charge in [-0.1, -0.05) is 23.8 Å². The van der Waals surface area contributed by atoms with Gasteiger partial charge in [0.15, 0.2) is 0 Å². The monoisotopic (exact) mass is 420 g/mol. The van der Waals surface area contributed by atoms with Crippen LogP contribution in [0.2, 0.25) is 5.02 Å². The molecule has 2 saturated carbocycles. The lowest BCUT2D eigenvalue weighted by molar-refractivity contribution is -0.139. The zero-order valence-corrected chi connectivity index (χ0v) is 16.0. The van der Waals surface area contributed by atoms with Gasteiger partial charge in [-0.05, 0) is 70.6 Å². The summed E-state index contributed by atoms with van der Waals surface area (Å²) < 4.78 is 0.832. The van der Waals surface area contributed by atoms with Crippen molar-refractivity contribution in [3.63, 3.8) is 0 Å². The molecule has 4 aliphatic carbocycles. The van der Waals surface area contributed by atoms with E-state index >= 15 is 0 Å². The van der Waals surface area contributed by atoms with Gasteiger partial charge in [0.25, 0.3) is 0 Å². The molecule has 6 heteroatoms. The molecule has 3 fully saturated rings. The summed E-state index contributed by atoms with van der Waals surface area (Å²) in [7, 11) is 0. The number of imide groups is 1. The van der Waals surface area contributed by atoms with Gasteiger partial charge in [0.2, 0.25) is 11.8 Å². The highest BCUT2D eigenvalue weighted by Crippen LogP contribution is 2.65. The molecular weight excluding hydrogens is 404 g/mol. The number of benzene rings is 1. The normalized spacial score (nSPS) is 37.3. The number of likely N-dealkylation sites (tertiary alicyclic amines) is 1. The first-order valence-electron chi connectivity index (χ1n) is 8.70. The minimum Gasteiger partial charge on any atom is -0.367 e. The number of halogens is 2. The van der Waals surface area contributed by atoms with Gasteiger partial charge in [-0.2, -0.15) is 0 Å². The molecule has 2 bridgehead atoms. The van der Waals surface area contributed by atoms with E-state index < -0.39 is 0 Å². The van der Waals surface area contributed by atoms with Crippen molar-refractivity contribution >= 4 is 45.0 Å². The van der Waals surface area contributed by atoms with Crippen LogP contribution in [0.4, 0.5) is 5.69 Å². The van der Waals surface area contributed by atoms with Crippen LogP contribution in [0.3, 0.4) is 0 Å². The molecule has 5 aliphatic rings. The molecule has 0 spiro atoms. The fraction of sp³-hybridized carbons (Fsp3) is 0.474. The van der Waals surface area contributed by atoms with Crippen molar-refractivity contribution in [2.45, 2.75) is 13.3 Å². The van der Waals surface area contributed by atoms with Crippen LogP contribution < -0.4 is 5.32 Å². The summed E-state index contributed by atoms with van der Waals surface area (Å²) in [5, 5.41) is 3.82. The second-order valence-corrected chi connectivity index (χ2v) is 8.94. The Hall–Kier alpha value is -1.33. The average Bonchev–Trinajstić information content (AvgIpc) is 3.36. The van der Waals surface area contributed by atoms with Crippen molar-refractivity contribution in [2.24, 2.45) is 35.5 Å². The number of rotatable bonds is 3. The Balaban J connectivity index is 1.37. The smallest absolute Gasteiger partial charge is 0.235 e. The molecule has 0 aromatic heterocycles. The van der Waals surface area contributed by atoms with Crippen LogP contribution in [-0.4, -0.2) is 23.4 Å². The Kier molecular flexibility index (Phi) is 3.39. The summed E-state index contributed by atoms with van der Waals surface area (Å²) >= 11 is 9.57. The largest absolute Gasteiger partial charge is 0.367 e. The first kappa shape index (κ1) is 15.9. The van der Waals surface area contributed by atoms with Crippen LogP contribution in [0.25, 0.3) is 0 Å². The van der Waals surface area contributed by atoms with E-state index in [4.69, 9.17) is 11.6 Å². The number of aryl methyl sites for hydroxylation is 1. The molecule has 6 rings (SSSR count). The molecule has 1 heterocycles. The van der Waals surface area contributed by atoms with Crippen LogP contribution >= 0.6 is 27.5 Å². The molecule has 1 aromatic carbocycles. The third-order valence-corrected chi connectivity index (χ3v) is 7.65. The Bertz CT molecular complexity index is 803. The van der Waals surface area contributed by atoms with E-state index in [1.807, 2.05) is 19.1 Å².